The van der Waals surface area contributed by atoms with E-state index in [4.69, 9.17) is 0 Å². The predicted molar refractivity (Wildman–Crippen MR) is 58.5 cm³/mol. The first-order valence-corrected chi connectivity index (χ1v) is 5.25. The van der Waals surface area contributed by atoms with Crippen LogP contribution in [0.3, 0.4) is 0 Å². The normalized spacial score (nSPS) is 28.8. The molecule has 13 heavy (non-hydrogen) atoms. The van der Waals surface area contributed by atoms with Crippen LogP contribution in [-0.2, 0) is 0 Å². The topological polar surface area (TPSA) is 12.0 Å². The van der Waals surface area contributed by atoms with E-state index in [2.05, 4.69) is 45.2 Å². The van der Waals surface area contributed by atoms with E-state index in [1.807, 2.05) is 0 Å². The highest BCUT2D eigenvalue weighted by Crippen LogP contribution is 2.26. The first kappa shape index (κ1) is 10.4. The Hall–Kier alpha value is -0.720. The smallest absolute Gasteiger partial charge is 0.0329 e. The minimum absolute atomic E-state index is 0.664. The Morgan fingerprint density at radius 2 is 2.08 bits per heavy atom. The summed E-state index contributed by atoms with van der Waals surface area (Å²) in [7, 11) is 0. The summed E-state index contributed by atoms with van der Waals surface area (Å²) in [5, 5.41) is 3.57. The Bertz CT molecular complexity index is 203. The minimum atomic E-state index is 0.664. The van der Waals surface area contributed by atoms with Gasteiger partial charge in [-0.2, -0.15) is 0 Å². The van der Waals surface area contributed by atoms with Crippen molar-refractivity contribution in [3.05, 3.63) is 23.4 Å². The van der Waals surface area contributed by atoms with Crippen LogP contribution < -0.4 is 5.32 Å². The fraction of sp³-hybridized carbons (Fsp3) is 0.667. The lowest BCUT2D eigenvalue weighted by Gasteiger charge is -2.12. The zero-order valence-electron chi connectivity index (χ0n) is 9.22. The van der Waals surface area contributed by atoms with E-state index in [1.54, 1.807) is 0 Å². The molecule has 1 fully saturated rings. The van der Waals surface area contributed by atoms with E-state index in [-0.39, 0.29) is 0 Å². The summed E-state index contributed by atoms with van der Waals surface area (Å²) in [5.41, 5.74) is 2.82. The molecule has 1 heteroatoms. The average Bonchev–Trinajstić information content (AvgIpc) is 2.45. The molecule has 0 bridgehead atoms. The Kier molecular flexibility index (Phi) is 3.58. The molecule has 1 saturated heterocycles. The lowest BCUT2D eigenvalue weighted by Crippen LogP contribution is -2.21. The summed E-state index contributed by atoms with van der Waals surface area (Å²) in [4.78, 5) is 0. The summed E-state index contributed by atoms with van der Waals surface area (Å²) in [6, 6.07) is 0.664. The van der Waals surface area contributed by atoms with Gasteiger partial charge in [0.1, 0.15) is 0 Å². The molecule has 1 atom stereocenters. The fourth-order valence-electron chi connectivity index (χ4n) is 1.99. The predicted octanol–water partition coefficient (Wildman–Crippen LogP) is 3.24. The first-order chi connectivity index (χ1) is 6.17. The number of nitrogens with one attached hydrogen (secondary N) is 1. The molecule has 1 N–H and O–H groups in total. The molecule has 0 aromatic rings. The van der Waals surface area contributed by atoms with Crippen molar-refractivity contribution < 1.29 is 0 Å². The van der Waals surface area contributed by atoms with Crippen molar-refractivity contribution in [2.45, 2.75) is 46.6 Å². The molecule has 0 aromatic carbocycles. The number of allylic oxidation sites excluding steroid dienone is 3. The molecule has 0 amide bonds. The molecule has 1 nitrogen and oxygen atoms in total. The zero-order chi connectivity index (χ0) is 9.84. The molecule has 1 aliphatic heterocycles. The molecule has 1 aliphatic rings. The summed E-state index contributed by atoms with van der Waals surface area (Å²) in [5.74, 6) is 0.784. The third-order valence-corrected chi connectivity index (χ3v) is 2.56. The van der Waals surface area contributed by atoms with Gasteiger partial charge in [0.15, 0.2) is 0 Å². The SMILES string of the molecule is C/C=C1/CC(CC(C)C)N/C1=C/C. The Morgan fingerprint density at radius 1 is 1.38 bits per heavy atom. The van der Waals surface area contributed by atoms with Gasteiger partial charge in [0.2, 0.25) is 0 Å². The number of hydrogen-bond acceptors (Lipinski definition) is 1. The summed E-state index contributed by atoms with van der Waals surface area (Å²) in [6.45, 7) is 8.79. The quantitative estimate of drug-likeness (QED) is 0.686. The first-order valence-electron chi connectivity index (χ1n) is 5.25. The Labute approximate surface area is 81.9 Å². The van der Waals surface area contributed by atoms with Gasteiger partial charge in [-0.25, -0.2) is 0 Å². The van der Waals surface area contributed by atoms with Crippen LogP contribution in [0.2, 0.25) is 0 Å². The van der Waals surface area contributed by atoms with Gasteiger partial charge in [0, 0.05) is 11.7 Å². The average molecular weight is 179 g/mol. The maximum atomic E-state index is 3.57. The van der Waals surface area contributed by atoms with Crippen molar-refractivity contribution in [2.24, 2.45) is 5.92 Å². The third-order valence-electron chi connectivity index (χ3n) is 2.56. The largest absolute Gasteiger partial charge is 0.382 e. The van der Waals surface area contributed by atoms with E-state index in [0.717, 1.165) is 5.92 Å². The van der Waals surface area contributed by atoms with Crippen molar-refractivity contribution in [3.63, 3.8) is 0 Å². The lowest BCUT2D eigenvalue weighted by molar-refractivity contribution is 0.474. The number of rotatable bonds is 2. The molecule has 74 valence electrons. The van der Waals surface area contributed by atoms with Crippen LogP contribution >= 0.6 is 0 Å². The molecule has 0 aromatic heterocycles. The van der Waals surface area contributed by atoms with Crippen LogP contribution in [0.5, 0.6) is 0 Å². The van der Waals surface area contributed by atoms with Gasteiger partial charge in [0.25, 0.3) is 0 Å². The maximum absolute atomic E-state index is 3.57. The van der Waals surface area contributed by atoms with E-state index in [9.17, 15) is 0 Å². The zero-order valence-corrected chi connectivity index (χ0v) is 9.22. The molecule has 1 unspecified atom stereocenters. The van der Waals surface area contributed by atoms with Crippen LogP contribution in [0.4, 0.5) is 0 Å². The fourth-order valence-corrected chi connectivity index (χ4v) is 1.99. The minimum Gasteiger partial charge on any atom is -0.382 e. The van der Waals surface area contributed by atoms with Gasteiger partial charge in [-0.15, -0.1) is 0 Å². The van der Waals surface area contributed by atoms with Gasteiger partial charge in [-0.1, -0.05) is 26.0 Å². The lowest BCUT2D eigenvalue weighted by atomic mass is 10.0. The standard InChI is InChI=1S/C12H21N/c1-5-10-8-11(7-9(3)4)13-12(10)6-2/h5-6,9,11,13H,7-8H2,1-4H3/b10-5-,12-6+. The molecular weight excluding hydrogens is 158 g/mol. The summed E-state index contributed by atoms with van der Waals surface area (Å²) >= 11 is 0. The van der Waals surface area contributed by atoms with Crippen molar-refractivity contribution >= 4 is 0 Å². The van der Waals surface area contributed by atoms with E-state index in [0.29, 0.717) is 6.04 Å². The summed E-state index contributed by atoms with van der Waals surface area (Å²) in [6.07, 6.45) is 6.88. The van der Waals surface area contributed by atoms with E-state index >= 15 is 0 Å². The molecule has 0 aliphatic carbocycles. The highest BCUT2D eigenvalue weighted by molar-refractivity contribution is 5.34. The molecule has 0 saturated carbocycles. The number of hydrogen-bond donors (Lipinski definition) is 1. The van der Waals surface area contributed by atoms with Crippen LogP contribution in [0.15, 0.2) is 23.4 Å². The second-order valence-corrected chi connectivity index (χ2v) is 4.19. The van der Waals surface area contributed by atoms with Crippen LogP contribution in [0.25, 0.3) is 0 Å². The van der Waals surface area contributed by atoms with Crippen LogP contribution in [0.1, 0.15) is 40.5 Å². The monoisotopic (exact) mass is 179 g/mol. The van der Waals surface area contributed by atoms with Crippen LogP contribution in [-0.4, -0.2) is 6.04 Å². The molecule has 0 spiro atoms. The molecule has 1 rings (SSSR count). The Balaban J connectivity index is 2.59. The molecular formula is C12H21N. The van der Waals surface area contributed by atoms with Crippen molar-refractivity contribution in [1.29, 1.82) is 0 Å². The van der Waals surface area contributed by atoms with Crippen molar-refractivity contribution in [1.82, 2.24) is 5.32 Å². The second-order valence-electron chi connectivity index (χ2n) is 4.19. The Morgan fingerprint density at radius 3 is 2.46 bits per heavy atom. The highest BCUT2D eigenvalue weighted by atomic mass is 15.0. The summed E-state index contributed by atoms with van der Waals surface area (Å²) < 4.78 is 0. The van der Waals surface area contributed by atoms with Crippen LogP contribution in [0, 0.1) is 5.92 Å². The second kappa shape index (κ2) is 4.50. The van der Waals surface area contributed by atoms with Crippen molar-refractivity contribution in [2.75, 3.05) is 0 Å². The van der Waals surface area contributed by atoms with Gasteiger partial charge in [0.05, 0.1) is 0 Å². The van der Waals surface area contributed by atoms with Gasteiger partial charge in [-0.3, -0.25) is 0 Å². The van der Waals surface area contributed by atoms with E-state index in [1.165, 1.54) is 24.1 Å². The maximum Gasteiger partial charge on any atom is 0.0329 e. The third kappa shape index (κ3) is 2.61. The van der Waals surface area contributed by atoms with Gasteiger partial charge < -0.3 is 5.32 Å². The molecule has 1 heterocycles. The van der Waals surface area contributed by atoms with E-state index < -0.39 is 0 Å². The van der Waals surface area contributed by atoms with Crippen molar-refractivity contribution in [3.8, 4) is 0 Å². The highest BCUT2D eigenvalue weighted by Gasteiger charge is 2.22. The van der Waals surface area contributed by atoms with Gasteiger partial charge >= 0.3 is 0 Å². The molecule has 0 radical (unpaired) electrons. The van der Waals surface area contributed by atoms with Gasteiger partial charge in [-0.05, 0) is 38.2 Å².